The lowest BCUT2D eigenvalue weighted by Gasteiger charge is -2.04. The van der Waals surface area contributed by atoms with Gasteiger partial charge in [0.1, 0.15) is 0 Å². The average Bonchev–Trinajstić information content (AvgIpc) is 2.57. The van der Waals surface area contributed by atoms with Crippen molar-refractivity contribution in [2.45, 2.75) is 65.2 Å². The highest BCUT2D eigenvalue weighted by atomic mass is 16.6. The Morgan fingerprint density at radius 2 is 1.17 bits per heavy atom. The summed E-state index contributed by atoms with van der Waals surface area (Å²) in [7, 11) is 0. The number of unbranched alkanes of at least 4 members (excludes halogenated alkanes) is 6. The Balaban J connectivity index is 3.68. The SMILES string of the molecule is CCCCCCOC(=O)/C=C\C(=O)OCC(=O)OCCCCCC. The van der Waals surface area contributed by atoms with Crippen LogP contribution < -0.4 is 0 Å². The summed E-state index contributed by atoms with van der Waals surface area (Å²) in [4.78, 5) is 34.0. The van der Waals surface area contributed by atoms with Crippen molar-refractivity contribution in [1.29, 1.82) is 0 Å². The van der Waals surface area contributed by atoms with Gasteiger partial charge in [0.25, 0.3) is 0 Å². The van der Waals surface area contributed by atoms with Crippen LogP contribution in [-0.4, -0.2) is 37.7 Å². The number of esters is 3. The van der Waals surface area contributed by atoms with Crippen molar-refractivity contribution < 1.29 is 28.6 Å². The maximum atomic E-state index is 11.4. The van der Waals surface area contributed by atoms with Gasteiger partial charge in [-0.15, -0.1) is 0 Å². The largest absolute Gasteiger partial charge is 0.463 e. The second-order valence-corrected chi connectivity index (χ2v) is 5.45. The molecule has 0 N–H and O–H groups in total. The molecule has 0 unspecified atom stereocenters. The summed E-state index contributed by atoms with van der Waals surface area (Å²) in [5.41, 5.74) is 0. The van der Waals surface area contributed by atoms with Gasteiger partial charge in [-0.3, -0.25) is 0 Å². The van der Waals surface area contributed by atoms with Crippen molar-refractivity contribution >= 4 is 17.9 Å². The number of rotatable bonds is 14. The lowest BCUT2D eigenvalue weighted by atomic mass is 10.2. The fourth-order valence-corrected chi connectivity index (χ4v) is 1.82. The summed E-state index contributed by atoms with van der Waals surface area (Å²) in [5, 5.41) is 0. The van der Waals surface area contributed by atoms with Crippen LogP contribution >= 0.6 is 0 Å². The molecule has 0 heterocycles. The van der Waals surface area contributed by atoms with Crippen LogP contribution in [-0.2, 0) is 28.6 Å². The third kappa shape index (κ3) is 15.1. The minimum atomic E-state index is -0.777. The minimum absolute atomic E-state index is 0.330. The number of hydrogen-bond acceptors (Lipinski definition) is 6. The molecular formula is C18H30O6. The lowest BCUT2D eigenvalue weighted by molar-refractivity contribution is -0.156. The lowest BCUT2D eigenvalue weighted by Crippen LogP contribution is -2.16. The van der Waals surface area contributed by atoms with Crippen molar-refractivity contribution in [3.8, 4) is 0 Å². The summed E-state index contributed by atoms with van der Waals surface area (Å²) in [6.45, 7) is 4.41. The summed E-state index contributed by atoms with van der Waals surface area (Å²) < 4.78 is 14.5. The molecular weight excluding hydrogens is 312 g/mol. The third-order valence-electron chi connectivity index (χ3n) is 3.19. The Labute approximate surface area is 144 Å². The van der Waals surface area contributed by atoms with E-state index in [0.717, 1.165) is 63.5 Å². The summed E-state index contributed by atoms with van der Waals surface area (Å²) in [6.07, 6.45) is 10.0. The van der Waals surface area contributed by atoms with Crippen LogP contribution in [0.4, 0.5) is 0 Å². The van der Waals surface area contributed by atoms with Gasteiger partial charge < -0.3 is 14.2 Å². The molecule has 0 aromatic carbocycles. The van der Waals surface area contributed by atoms with Gasteiger partial charge in [0.05, 0.1) is 13.2 Å². The van der Waals surface area contributed by atoms with Crippen molar-refractivity contribution in [2.75, 3.05) is 19.8 Å². The zero-order valence-electron chi connectivity index (χ0n) is 14.9. The van der Waals surface area contributed by atoms with E-state index in [1.54, 1.807) is 0 Å². The van der Waals surface area contributed by atoms with E-state index >= 15 is 0 Å². The first kappa shape index (κ1) is 22.1. The van der Waals surface area contributed by atoms with Crippen molar-refractivity contribution in [3.05, 3.63) is 12.2 Å². The van der Waals surface area contributed by atoms with E-state index in [2.05, 4.69) is 18.6 Å². The molecule has 0 aromatic rings. The van der Waals surface area contributed by atoms with E-state index in [1.807, 2.05) is 0 Å². The van der Waals surface area contributed by atoms with Gasteiger partial charge in [0, 0.05) is 12.2 Å². The number of carbonyl (C=O) groups is 3. The van der Waals surface area contributed by atoms with Crippen molar-refractivity contribution in [2.24, 2.45) is 0 Å². The highest BCUT2D eigenvalue weighted by Crippen LogP contribution is 2.00. The monoisotopic (exact) mass is 342 g/mol. The maximum Gasteiger partial charge on any atom is 0.344 e. The van der Waals surface area contributed by atoms with Crippen LogP contribution in [0.25, 0.3) is 0 Å². The maximum absolute atomic E-state index is 11.4. The second kappa shape index (κ2) is 16.0. The van der Waals surface area contributed by atoms with Gasteiger partial charge >= 0.3 is 17.9 Å². The summed E-state index contributed by atoms with van der Waals surface area (Å²) in [6, 6.07) is 0. The predicted octanol–water partition coefficient (Wildman–Crippen LogP) is 3.33. The Kier molecular flexibility index (Phi) is 14.8. The molecule has 24 heavy (non-hydrogen) atoms. The first-order chi connectivity index (χ1) is 11.6. The standard InChI is InChI=1S/C18H30O6/c1-3-5-7-9-13-22-16(19)11-12-17(20)24-15-18(21)23-14-10-8-6-4-2/h11-12H,3-10,13-15H2,1-2H3/b12-11-. The Bertz CT molecular complexity index is 389. The molecule has 0 saturated heterocycles. The molecule has 0 aliphatic rings. The number of ether oxygens (including phenoxy) is 3. The van der Waals surface area contributed by atoms with Crippen LogP contribution in [0.3, 0.4) is 0 Å². The molecule has 0 radical (unpaired) electrons. The van der Waals surface area contributed by atoms with E-state index in [-0.39, 0.29) is 0 Å². The van der Waals surface area contributed by atoms with Gasteiger partial charge in [-0.1, -0.05) is 52.4 Å². The van der Waals surface area contributed by atoms with Gasteiger partial charge in [-0.2, -0.15) is 0 Å². The smallest absolute Gasteiger partial charge is 0.344 e. The van der Waals surface area contributed by atoms with Gasteiger partial charge in [-0.25, -0.2) is 14.4 Å². The van der Waals surface area contributed by atoms with Crippen LogP contribution in [0.15, 0.2) is 12.2 Å². The van der Waals surface area contributed by atoms with Crippen LogP contribution in [0.5, 0.6) is 0 Å². The van der Waals surface area contributed by atoms with Crippen molar-refractivity contribution in [3.63, 3.8) is 0 Å². The molecule has 0 aromatic heterocycles. The van der Waals surface area contributed by atoms with Crippen LogP contribution in [0.2, 0.25) is 0 Å². The molecule has 0 spiro atoms. The van der Waals surface area contributed by atoms with Crippen LogP contribution in [0.1, 0.15) is 65.2 Å². The number of carbonyl (C=O) groups excluding carboxylic acids is 3. The fourth-order valence-electron chi connectivity index (χ4n) is 1.82. The highest BCUT2D eigenvalue weighted by molar-refractivity contribution is 5.92. The van der Waals surface area contributed by atoms with E-state index in [0.29, 0.717) is 13.2 Å². The first-order valence-electron chi connectivity index (χ1n) is 8.77. The highest BCUT2D eigenvalue weighted by Gasteiger charge is 2.07. The van der Waals surface area contributed by atoms with E-state index in [9.17, 15) is 14.4 Å². The zero-order chi connectivity index (χ0) is 18.0. The molecule has 6 nitrogen and oxygen atoms in total. The fraction of sp³-hybridized carbons (Fsp3) is 0.722. The quantitative estimate of drug-likeness (QED) is 0.208. The average molecular weight is 342 g/mol. The summed E-state index contributed by atoms with van der Waals surface area (Å²) >= 11 is 0. The topological polar surface area (TPSA) is 78.9 Å². The molecule has 0 aliphatic carbocycles. The Morgan fingerprint density at radius 3 is 1.71 bits per heavy atom. The molecule has 0 amide bonds. The zero-order valence-corrected chi connectivity index (χ0v) is 14.9. The van der Waals surface area contributed by atoms with Gasteiger partial charge in [0.15, 0.2) is 6.61 Å². The minimum Gasteiger partial charge on any atom is -0.463 e. The van der Waals surface area contributed by atoms with Crippen molar-refractivity contribution in [1.82, 2.24) is 0 Å². The number of hydrogen-bond donors (Lipinski definition) is 0. The molecule has 0 rings (SSSR count). The van der Waals surface area contributed by atoms with Crippen LogP contribution in [0, 0.1) is 0 Å². The van der Waals surface area contributed by atoms with E-state index < -0.39 is 24.5 Å². The molecule has 0 aliphatic heterocycles. The molecule has 0 atom stereocenters. The van der Waals surface area contributed by atoms with Gasteiger partial charge in [-0.05, 0) is 12.8 Å². The molecule has 138 valence electrons. The van der Waals surface area contributed by atoms with E-state index in [4.69, 9.17) is 9.47 Å². The van der Waals surface area contributed by atoms with Gasteiger partial charge in [0.2, 0.25) is 0 Å². The van der Waals surface area contributed by atoms with E-state index in [1.165, 1.54) is 0 Å². The second-order valence-electron chi connectivity index (χ2n) is 5.45. The molecule has 6 heteroatoms. The Hall–Kier alpha value is -1.85. The normalized spacial score (nSPS) is 10.6. The third-order valence-corrected chi connectivity index (χ3v) is 3.19. The predicted molar refractivity (Wildman–Crippen MR) is 90.3 cm³/mol. The molecule has 0 saturated carbocycles. The Morgan fingerprint density at radius 1 is 0.667 bits per heavy atom. The summed E-state index contributed by atoms with van der Waals surface area (Å²) in [5.74, 6) is -1.96. The molecule has 0 fully saturated rings. The molecule has 0 bridgehead atoms. The first-order valence-corrected chi connectivity index (χ1v) is 8.77.